The van der Waals surface area contributed by atoms with Crippen LogP contribution in [-0.4, -0.2) is 63.1 Å². The molecule has 6 nitrogen and oxygen atoms in total. The lowest BCUT2D eigenvalue weighted by molar-refractivity contribution is -0.131. The molecule has 2 aromatic rings. The number of para-hydroxylation sites is 1. The molecule has 1 saturated heterocycles. The molecular weight excluding hydrogens is 398 g/mol. The minimum absolute atomic E-state index is 0.218. The normalized spacial score (nSPS) is 15.4. The van der Waals surface area contributed by atoms with Gasteiger partial charge in [-0.2, -0.15) is 0 Å². The Bertz CT molecular complexity index is 913. The number of sulfonamides is 1. The molecule has 0 aliphatic carbocycles. The molecule has 0 radical (unpaired) electrons. The molecule has 0 atom stereocenters. The van der Waals surface area contributed by atoms with E-state index in [1.807, 2.05) is 18.2 Å². The third kappa shape index (κ3) is 5.25. The highest BCUT2D eigenvalue weighted by Crippen LogP contribution is 2.27. The van der Waals surface area contributed by atoms with E-state index in [4.69, 9.17) is 11.6 Å². The lowest BCUT2D eigenvalue weighted by atomic mass is 10.2. The molecule has 1 amide bonds. The average Bonchev–Trinajstić information content (AvgIpc) is 2.67. The van der Waals surface area contributed by atoms with Crippen LogP contribution in [0.2, 0.25) is 5.02 Å². The fourth-order valence-corrected chi connectivity index (χ4v) is 4.40. The zero-order valence-electron chi connectivity index (χ0n) is 15.8. The number of benzene rings is 2. The molecule has 0 bridgehead atoms. The molecule has 2 aromatic carbocycles. The van der Waals surface area contributed by atoms with Gasteiger partial charge in [0.05, 0.1) is 17.0 Å². The molecule has 0 aromatic heterocycles. The van der Waals surface area contributed by atoms with Crippen molar-refractivity contribution >= 4 is 33.2 Å². The SMILES string of the molecule is CS(=O)(=O)N(CC(=O)N1CCN(Cc2ccccc2)CC1)c1ccccc1Cl. The number of hydrogen-bond donors (Lipinski definition) is 0. The van der Waals surface area contributed by atoms with Crippen molar-refractivity contribution < 1.29 is 13.2 Å². The standard InChI is InChI=1S/C20H24ClN3O3S/c1-28(26,27)24(19-10-6-5-9-18(19)21)16-20(25)23-13-11-22(12-14-23)15-17-7-3-2-4-8-17/h2-10H,11-16H2,1H3. The molecule has 1 fully saturated rings. The maximum atomic E-state index is 12.8. The van der Waals surface area contributed by atoms with E-state index in [0.29, 0.717) is 23.8 Å². The van der Waals surface area contributed by atoms with Gasteiger partial charge < -0.3 is 4.90 Å². The molecule has 0 N–H and O–H groups in total. The number of anilines is 1. The molecule has 0 saturated carbocycles. The second kappa shape index (κ2) is 8.94. The highest BCUT2D eigenvalue weighted by molar-refractivity contribution is 7.92. The van der Waals surface area contributed by atoms with Gasteiger partial charge in [-0.3, -0.25) is 14.0 Å². The van der Waals surface area contributed by atoms with Crippen LogP contribution < -0.4 is 4.31 Å². The average molecular weight is 422 g/mol. The smallest absolute Gasteiger partial charge is 0.243 e. The number of hydrogen-bond acceptors (Lipinski definition) is 4. The number of carbonyl (C=O) groups excluding carboxylic acids is 1. The third-order valence-corrected chi connectivity index (χ3v) is 6.22. The van der Waals surface area contributed by atoms with E-state index in [2.05, 4.69) is 17.0 Å². The van der Waals surface area contributed by atoms with Gasteiger partial charge in [-0.15, -0.1) is 0 Å². The zero-order chi connectivity index (χ0) is 20.1. The minimum atomic E-state index is -3.63. The maximum absolute atomic E-state index is 12.8. The van der Waals surface area contributed by atoms with Crippen LogP contribution in [0.4, 0.5) is 5.69 Å². The molecule has 1 aliphatic rings. The first-order chi connectivity index (χ1) is 13.3. The summed E-state index contributed by atoms with van der Waals surface area (Å²) >= 11 is 6.15. The molecule has 28 heavy (non-hydrogen) atoms. The van der Waals surface area contributed by atoms with Crippen LogP contribution in [0.1, 0.15) is 5.56 Å². The summed E-state index contributed by atoms with van der Waals surface area (Å²) in [6.07, 6.45) is 1.08. The molecule has 3 rings (SSSR count). The number of carbonyl (C=O) groups is 1. The van der Waals surface area contributed by atoms with Gasteiger partial charge >= 0.3 is 0 Å². The predicted molar refractivity (Wildman–Crippen MR) is 112 cm³/mol. The van der Waals surface area contributed by atoms with Crippen LogP contribution >= 0.6 is 11.6 Å². The second-order valence-corrected chi connectivity index (χ2v) is 9.18. The highest BCUT2D eigenvalue weighted by atomic mass is 35.5. The Morgan fingerprint density at radius 3 is 2.21 bits per heavy atom. The number of nitrogens with zero attached hydrogens (tertiary/aromatic N) is 3. The Balaban J connectivity index is 1.62. The fraction of sp³-hybridized carbons (Fsp3) is 0.350. The third-order valence-electron chi connectivity index (χ3n) is 4.77. The van der Waals surface area contributed by atoms with Crippen LogP contribution in [0.5, 0.6) is 0 Å². The van der Waals surface area contributed by atoms with E-state index in [1.54, 1.807) is 29.2 Å². The van der Waals surface area contributed by atoms with Crippen LogP contribution in [0.25, 0.3) is 0 Å². The Labute approximate surface area is 171 Å². The molecule has 0 unspecified atom stereocenters. The van der Waals surface area contributed by atoms with E-state index >= 15 is 0 Å². The molecule has 1 heterocycles. The summed E-state index contributed by atoms with van der Waals surface area (Å²) in [7, 11) is -3.63. The molecule has 0 spiro atoms. The van der Waals surface area contributed by atoms with Crippen LogP contribution in [0.3, 0.4) is 0 Å². The van der Waals surface area contributed by atoms with E-state index in [1.165, 1.54) is 5.56 Å². The van der Waals surface area contributed by atoms with Crippen molar-refractivity contribution in [2.24, 2.45) is 0 Å². The highest BCUT2D eigenvalue weighted by Gasteiger charge is 2.27. The van der Waals surface area contributed by atoms with Crippen molar-refractivity contribution in [1.82, 2.24) is 9.80 Å². The Kier molecular flexibility index (Phi) is 6.59. The van der Waals surface area contributed by atoms with Crippen molar-refractivity contribution in [3.8, 4) is 0 Å². The summed E-state index contributed by atoms with van der Waals surface area (Å²) in [6.45, 7) is 3.26. The first-order valence-electron chi connectivity index (χ1n) is 9.11. The summed E-state index contributed by atoms with van der Waals surface area (Å²) in [5.41, 5.74) is 1.56. The lowest BCUT2D eigenvalue weighted by Gasteiger charge is -2.36. The van der Waals surface area contributed by atoms with E-state index in [0.717, 1.165) is 30.2 Å². The summed E-state index contributed by atoms with van der Waals surface area (Å²) in [4.78, 5) is 16.8. The van der Waals surface area contributed by atoms with Gasteiger partial charge in [0.15, 0.2) is 0 Å². The topological polar surface area (TPSA) is 60.9 Å². The first kappa shape index (κ1) is 20.6. The van der Waals surface area contributed by atoms with Crippen molar-refractivity contribution in [2.75, 3.05) is 43.3 Å². The quantitative estimate of drug-likeness (QED) is 0.718. The van der Waals surface area contributed by atoms with Gasteiger partial charge in [-0.25, -0.2) is 8.42 Å². The Hall–Kier alpha value is -2.09. The van der Waals surface area contributed by atoms with E-state index < -0.39 is 10.0 Å². The van der Waals surface area contributed by atoms with Gasteiger partial charge in [0.1, 0.15) is 6.54 Å². The van der Waals surface area contributed by atoms with Gasteiger partial charge in [0, 0.05) is 32.7 Å². The van der Waals surface area contributed by atoms with Gasteiger partial charge in [-0.05, 0) is 17.7 Å². The Morgan fingerprint density at radius 2 is 1.61 bits per heavy atom. The van der Waals surface area contributed by atoms with Crippen LogP contribution in [0.15, 0.2) is 54.6 Å². The maximum Gasteiger partial charge on any atom is 0.243 e. The Morgan fingerprint density at radius 1 is 1.00 bits per heavy atom. The van der Waals surface area contributed by atoms with Gasteiger partial charge in [-0.1, -0.05) is 54.1 Å². The molecular formula is C20H24ClN3O3S. The van der Waals surface area contributed by atoms with Crippen molar-refractivity contribution in [3.05, 3.63) is 65.2 Å². The van der Waals surface area contributed by atoms with Crippen molar-refractivity contribution in [3.63, 3.8) is 0 Å². The summed E-state index contributed by atoms with van der Waals surface area (Å²) in [6, 6.07) is 16.8. The molecule has 150 valence electrons. The van der Waals surface area contributed by atoms with Crippen LogP contribution in [-0.2, 0) is 21.4 Å². The molecule has 8 heteroatoms. The van der Waals surface area contributed by atoms with Crippen LogP contribution in [0, 0.1) is 0 Å². The lowest BCUT2D eigenvalue weighted by Crippen LogP contribution is -2.51. The number of amides is 1. The summed E-state index contributed by atoms with van der Waals surface area (Å²) in [5.74, 6) is -0.218. The number of rotatable bonds is 6. The number of piperazine rings is 1. The van der Waals surface area contributed by atoms with E-state index in [-0.39, 0.29) is 12.5 Å². The monoisotopic (exact) mass is 421 g/mol. The fourth-order valence-electron chi connectivity index (χ4n) is 3.25. The van der Waals surface area contributed by atoms with Crippen molar-refractivity contribution in [1.29, 1.82) is 0 Å². The van der Waals surface area contributed by atoms with Crippen molar-refractivity contribution in [2.45, 2.75) is 6.54 Å². The largest absolute Gasteiger partial charge is 0.339 e. The summed E-state index contributed by atoms with van der Waals surface area (Å²) in [5, 5.41) is 0.299. The van der Waals surface area contributed by atoms with Gasteiger partial charge in [0.2, 0.25) is 15.9 Å². The second-order valence-electron chi connectivity index (χ2n) is 6.86. The number of halogens is 1. The van der Waals surface area contributed by atoms with Gasteiger partial charge in [0.25, 0.3) is 0 Å². The zero-order valence-corrected chi connectivity index (χ0v) is 17.4. The summed E-state index contributed by atoms with van der Waals surface area (Å²) < 4.78 is 25.6. The minimum Gasteiger partial charge on any atom is -0.339 e. The van der Waals surface area contributed by atoms with E-state index in [9.17, 15) is 13.2 Å². The predicted octanol–water partition coefficient (Wildman–Crippen LogP) is 2.45. The molecule has 1 aliphatic heterocycles. The first-order valence-corrected chi connectivity index (χ1v) is 11.3.